The first-order valence-corrected chi connectivity index (χ1v) is 9.16. The van der Waals surface area contributed by atoms with Gasteiger partial charge < -0.3 is 15.7 Å². The second-order valence-electron chi connectivity index (χ2n) is 7.59. The molecule has 5 nitrogen and oxygen atoms in total. The Balaban J connectivity index is 1.51. The Bertz CT molecular complexity index is 780. The molecule has 3 N–H and O–H groups in total. The van der Waals surface area contributed by atoms with Gasteiger partial charge in [0.1, 0.15) is 0 Å². The van der Waals surface area contributed by atoms with Crippen LogP contribution in [0.1, 0.15) is 31.2 Å². The summed E-state index contributed by atoms with van der Waals surface area (Å²) in [6, 6.07) is 10.1. The van der Waals surface area contributed by atoms with E-state index in [-0.39, 0.29) is 11.8 Å². The number of rotatable bonds is 3. The second kappa shape index (κ2) is 6.39. The smallest absolute Gasteiger partial charge is 0.242 e. The van der Waals surface area contributed by atoms with Gasteiger partial charge in [0, 0.05) is 30.6 Å². The molecule has 25 heavy (non-hydrogen) atoms. The van der Waals surface area contributed by atoms with Crippen molar-refractivity contribution in [3.8, 4) is 0 Å². The van der Waals surface area contributed by atoms with Crippen molar-refractivity contribution in [2.24, 2.45) is 11.7 Å². The third-order valence-corrected chi connectivity index (χ3v) is 5.84. The van der Waals surface area contributed by atoms with Gasteiger partial charge in [-0.25, -0.2) is 0 Å². The first kappa shape index (κ1) is 16.5. The summed E-state index contributed by atoms with van der Waals surface area (Å²) in [7, 11) is 0. The number of fused-ring (bicyclic) bond motifs is 1. The molecule has 0 bridgehead atoms. The predicted molar refractivity (Wildman–Crippen MR) is 96.9 cm³/mol. The molecule has 0 radical (unpaired) electrons. The van der Waals surface area contributed by atoms with Crippen LogP contribution >= 0.6 is 0 Å². The van der Waals surface area contributed by atoms with Crippen molar-refractivity contribution in [1.29, 1.82) is 0 Å². The van der Waals surface area contributed by atoms with E-state index in [1.165, 1.54) is 5.56 Å². The van der Waals surface area contributed by atoms with Crippen molar-refractivity contribution in [2.75, 3.05) is 13.1 Å². The molecule has 2 aliphatic rings. The number of amides is 1. The minimum Gasteiger partial charge on any atom is -0.391 e. The van der Waals surface area contributed by atoms with Gasteiger partial charge in [-0.3, -0.25) is 9.78 Å². The number of likely N-dealkylation sites (tertiary alicyclic amines) is 1. The topological polar surface area (TPSA) is 79.5 Å². The highest BCUT2D eigenvalue weighted by Gasteiger charge is 2.44. The summed E-state index contributed by atoms with van der Waals surface area (Å²) in [6.07, 6.45) is 5.62. The van der Waals surface area contributed by atoms with Crippen LogP contribution in [0, 0.1) is 5.92 Å². The van der Waals surface area contributed by atoms with Crippen LogP contribution in [0.15, 0.2) is 36.5 Å². The number of hydrogen-bond donors (Lipinski definition) is 2. The van der Waals surface area contributed by atoms with Gasteiger partial charge in [-0.15, -0.1) is 0 Å². The first-order chi connectivity index (χ1) is 12.1. The van der Waals surface area contributed by atoms with E-state index in [0.717, 1.165) is 43.0 Å². The lowest BCUT2D eigenvalue weighted by Crippen LogP contribution is -2.53. The number of aliphatic hydroxyl groups is 1. The quantitative estimate of drug-likeness (QED) is 0.895. The molecule has 1 amide bonds. The Morgan fingerprint density at radius 1 is 1.24 bits per heavy atom. The lowest BCUT2D eigenvalue weighted by atomic mass is 9.94. The first-order valence-electron chi connectivity index (χ1n) is 9.16. The molecule has 132 valence electrons. The van der Waals surface area contributed by atoms with E-state index in [1.54, 1.807) is 4.90 Å². The molecule has 2 aromatic rings. The average Bonchev–Trinajstić information content (AvgIpc) is 3.22. The average molecular weight is 339 g/mol. The standard InChI is InChI=1S/C20H25N3O2/c21-20(8-3-4-9-20)19(25)23-12-15(18(24)13-23)11-14-7-10-22-17-6-2-1-5-16(14)17/h1-2,5-7,10,15,18,24H,3-4,8-9,11-13,21H2/t15-,18-/m1/s1. The van der Waals surface area contributed by atoms with Crippen LogP contribution in [-0.2, 0) is 11.2 Å². The van der Waals surface area contributed by atoms with E-state index in [0.29, 0.717) is 13.1 Å². The van der Waals surface area contributed by atoms with Gasteiger partial charge >= 0.3 is 0 Å². The van der Waals surface area contributed by atoms with E-state index in [9.17, 15) is 9.90 Å². The maximum Gasteiger partial charge on any atom is 0.242 e. The highest BCUT2D eigenvalue weighted by molar-refractivity contribution is 5.87. The maximum atomic E-state index is 12.8. The molecule has 5 heteroatoms. The van der Waals surface area contributed by atoms with E-state index >= 15 is 0 Å². The fourth-order valence-corrected chi connectivity index (χ4v) is 4.37. The summed E-state index contributed by atoms with van der Waals surface area (Å²) >= 11 is 0. The molecule has 1 aromatic carbocycles. The summed E-state index contributed by atoms with van der Waals surface area (Å²) < 4.78 is 0. The van der Waals surface area contributed by atoms with Gasteiger partial charge in [0.2, 0.25) is 5.91 Å². The number of hydrogen-bond acceptors (Lipinski definition) is 4. The van der Waals surface area contributed by atoms with Crippen LogP contribution in [0.4, 0.5) is 0 Å². The zero-order valence-corrected chi connectivity index (χ0v) is 14.4. The highest BCUT2D eigenvalue weighted by Crippen LogP contribution is 2.32. The minimum atomic E-state index is -0.710. The fourth-order valence-electron chi connectivity index (χ4n) is 4.37. The lowest BCUT2D eigenvalue weighted by molar-refractivity contribution is -0.136. The van der Waals surface area contributed by atoms with Gasteiger partial charge in [0.15, 0.2) is 0 Å². The molecule has 1 aromatic heterocycles. The molecule has 4 rings (SSSR count). The lowest BCUT2D eigenvalue weighted by Gasteiger charge is -2.28. The summed E-state index contributed by atoms with van der Waals surface area (Å²) in [6.45, 7) is 0.973. The number of pyridine rings is 1. The number of nitrogens with two attached hydrogens (primary N) is 1. The molecule has 1 aliphatic carbocycles. The predicted octanol–water partition coefficient (Wildman–Crippen LogP) is 1.87. The van der Waals surface area contributed by atoms with Gasteiger partial charge in [0.25, 0.3) is 0 Å². The monoisotopic (exact) mass is 339 g/mol. The molecule has 0 spiro atoms. The van der Waals surface area contributed by atoms with Crippen molar-refractivity contribution >= 4 is 16.8 Å². The molecule has 1 saturated heterocycles. The van der Waals surface area contributed by atoms with Crippen molar-refractivity contribution in [1.82, 2.24) is 9.88 Å². The van der Waals surface area contributed by atoms with Crippen LogP contribution in [0.3, 0.4) is 0 Å². The van der Waals surface area contributed by atoms with Crippen molar-refractivity contribution in [3.63, 3.8) is 0 Å². The number of aromatic nitrogens is 1. The Hall–Kier alpha value is -1.98. The van der Waals surface area contributed by atoms with Crippen LogP contribution in [0.2, 0.25) is 0 Å². The number of β-amino-alcohol motifs (C(OH)–C–C–N with tert-alkyl or cyclic N) is 1. The van der Waals surface area contributed by atoms with E-state index in [1.807, 2.05) is 30.5 Å². The Kier molecular flexibility index (Phi) is 4.21. The van der Waals surface area contributed by atoms with Crippen LogP contribution < -0.4 is 5.73 Å². The molecular weight excluding hydrogens is 314 g/mol. The molecule has 2 fully saturated rings. The SMILES string of the molecule is NC1(C(=O)N2C[C@@H](Cc3ccnc4ccccc34)[C@H](O)C2)CCCC1. The largest absolute Gasteiger partial charge is 0.391 e. The summed E-state index contributed by atoms with van der Waals surface area (Å²) in [5, 5.41) is 11.6. The normalized spacial score (nSPS) is 25.6. The minimum absolute atomic E-state index is 0.0196. The second-order valence-corrected chi connectivity index (χ2v) is 7.59. The van der Waals surface area contributed by atoms with E-state index < -0.39 is 11.6 Å². The van der Waals surface area contributed by atoms with Gasteiger partial charge in [-0.2, -0.15) is 0 Å². The zero-order chi connectivity index (χ0) is 17.4. The van der Waals surface area contributed by atoms with Crippen LogP contribution in [0.5, 0.6) is 0 Å². The summed E-state index contributed by atoms with van der Waals surface area (Å²) in [5.41, 5.74) is 7.75. The highest BCUT2D eigenvalue weighted by atomic mass is 16.3. The molecule has 2 atom stereocenters. The van der Waals surface area contributed by atoms with Crippen molar-refractivity contribution in [2.45, 2.75) is 43.7 Å². The molecule has 1 aliphatic heterocycles. The summed E-state index contributed by atoms with van der Waals surface area (Å²) in [4.78, 5) is 19.0. The molecule has 2 heterocycles. The Morgan fingerprint density at radius 3 is 2.80 bits per heavy atom. The van der Waals surface area contributed by atoms with Gasteiger partial charge in [-0.1, -0.05) is 31.0 Å². The number of nitrogens with zero attached hydrogens (tertiary/aromatic N) is 2. The Morgan fingerprint density at radius 2 is 2.00 bits per heavy atom. The number of benzene rings is 1. The Labute approximate surface area is 147 Å². The number of carbonyl (C=O) groups excluding carboxylic acids is 1. The number of para-hydroxylation sites is 1. The third-order valence-electron chi connectivity index (χ3n) is 5.84. The molecule has 0 unspecified atom stereocenters. The van der Waals surface area contributed by atoms with Crippen molar-refractivity contribution in [3.05, 3.63) is 42.1 Å². The molecular formula is C20H25N3O2. The van der Waals surface area contributed by atoms with Crippen molar-refractivity contribution < 1.29 is 9.90 Å². The fraction of sp³-hybridized carbons (Fsp3) is 0.500. The zero-order valence-electron chi connectivity index (χ0n) is 14.4. The van der Waals surface area contributed by atoms with Crippen LogP contribution in [0.25, 0.3) is 10.9 Å². The summed E-state index contributed by atoms with van der Waals surface area (Å²) in [5.74, 6) is 0.0610. The maximum absolute atomic E-state index is 12.8. The van der Waals surface area contributed by atoms with E-state index in [4.69, 9.17) is 5.73 Å². The third kappa shape index (κ3) is 3.02. The number of carbonyl (C=O) groups is 1. The van der Waals surface area contributed by atoms with Gasteiger partial charge in [0.05, 0.1) is 17.2 Å². The van der Waals surface area contributed by atoms with Gasteiger partial charge in [-0.05, 0) is 37.0 Å². The van der Waals surface area contributed by atoms with Crippen LogP contribution in [-0.4, -0.2) is 45.6 Å². The molecule has 1 saturated carbocycles. The number of aliphatic hydroxyl groups excluding tert-OH is 1. The van der Waals surface area contributed by atoms with E-state index in [2.05, 4.69) is 11.1 Å².